The van der Waals surface area contributed by atoms with E-state index in [1.807, 2.05) is 4.90 Å². The van der Waals surface area contributed by atoms with Crippen LogP contribution in [0.5, 0.6) is 0 Å². The molecule has 1 aromatic rings. The van der Waals surface area contributed by atoms with Crippen molar-refractivity contribution >= 4 is 5.91 Å². The molecular weight excluding hydrogens is 341 g/mol. The van der Waals surface area contributed by atoms with Gasteiger partial charge in [-0.1, -0.05) is 19.1 Å². The number of hydrogen-bond donors (Lipinski definition) is 0. The van der Waals surface area contributed by atoms with Crippen molar-refractivity contribution in [2.45, 2.75) is 45.3 Å². The Morgan fingerprint density at radius 1 is 1.08 bits per heavy atom. The highest BCUT2D eigenvalue weighted by Gasteiger charge is 2.31. The van der Waals surface area contributed by atoms with Gasteiger partial charge in [-0.25, -0.2) is 0 Å². The molecule has 144 valence electrons. The Balaban J connectivity index is 1.48. The van der Waals surface area contributed by atoms with Crippen LogP contribution in [0.15, 0.2) is 24.3 Å². The summed E-state index contributed by atoms with van der Waals surface area (Å²) in [5.41, 5.74) is 0.272. The molecule has 1 amide bonds. The van der Waals surface area contributed by atoms with E-state index in [9.17, 15) is 18.0 Å². The molecule has 0 radical (unpaired) electrons. The summed E-state index contributed by atoms with van der Waals surface area (Å²) in [6.45, 7) is 6.24. The maximum Gasteiger partial charge on any atom is 0.416 e. The Kier molecular flexibility index (Phi) is 5.90. The van der Waals surface area contributed by atoms with E-state index in [1.54, 1.807) is 12.1 Å². The van der Waals surface area contributed by atoms with E-state index in [1.165, 1.54) is 6.42 Å². The SMILES string of the molecule is CC1CCCN(C(=O)C2CCN(Cc3ccc(C(F)(F)F)cc3)CC2)C1. The van der Waals surface area contributed by atoms with Gasteiger partial charge >= 0.3 is 6.18 Å². The Hall–Kier alpha value is -1.56. The van der Waals surface area contributed by atoms with Gasteiger partial charge in [-0.15, -0.1) is 0 Å². The van der Waals surface area contributed by atoms with Crippen LogP contribution in [0.3, 0.4) is 0 Å². The van der Waals surface area contributed by atoms with Crippen molar-refractivity contribution in [3.63, 3.8) is 0 Å². The first-order valence-corrected chi connectivity index (χ1v) is 9.50. The summed E-state index contributed by atoms with van der Waals surface area (Å²) in [4.78, 5) is 17.0. The Morgan fingerprint density at radius 3 is 2.31 bits per heavy atom. The quantitative estimate of drug-likeness (QED) is 0.799. The van der Waals surface area contributed by atoms with Crippen molar-refractivity contribution in [3.05, 3.63) is 35.4 Å². The summed E-state index contributed by atoms with van der Waals surface area (Å²) in [6.07, 6.45) is -0.313. The molecule has 0 spiro atoms. The van der Waals surface area contributed by atoms with Gasteiger partial charge in [-0.05, 0) is 62.4 Å². The largest absolute Gasteiger partial charge is 0.416 e. The van der Waals surface area contributed by atoms with Crippen LogP contribution in [0.4, 0.5) is 13.2 Å². The van der Waals surface area contributed by atoms with Gasteiger partial charge in [0.25, 0.3) is 0 Å². The minimum Gasteiger partial charge on any atom is -0.342 e. The molecule has 3 nitrogen and oxygen atoms in total. The average Bonchev–Trinajstić information content (AvgIpc) is 2.61. The smallest absolute Gasteiger partial charge is 0.342 e. The van der Waals surface area contributed by atoms with E-state index in [0.29, 0.717) is 18.4 Å². The Bertz CT molecular complexity index is 606. The molecule has 0 bridgehead atoms. The molecule has 2 heterocycles. The third kappa shape index (κ3) is 4.78. The minimum absolute atomic E-state index is 0.101. The molecule has 2 aliphatic heterocycles. The number of rotatable bonds is 3. The molecule has 1 unspecified atom stereocenters. The van der Waals surface area contributed by atoms with Crippen LogP contribution >= 0.6 is 0 Å². The number of halogens is 3. The number of likely N-dealkylation sites (tertiary alicyclic amines) is 2. The molecule has 1 atom stereocenters. The first-order chi connectivity index (χ1) is 12.3. The summed E-state index contributed by atoms with van der Waals surface area (Å²) < 4.78 is 37.9. The number of amides is 1. The normalized spacial score (nSPS) is 23.2. The van der Waals surface area contributed by atoms with Crippen LogP contribution in [0, 0.1) is 11.8 Å². The van der Waals surface area contributed by atoms with Gasteiger partial charge in [-0.3, -0.25) is 9.69 Å². The Morgan fingerprint density at radius 2 is 1.73 bits per heavy atom. The number of nitrogens with zero attached hydrogens (tertiary/aromatic N) is 2. The van der Waals surface area contributed by atoms with Gasteiger partial charge in [0.15, 0.2) is 0 Å². The number of piperidine rings is 2. The maximum atomic E-state index is 12.7. The van der Waals surface area contributed by atoms with Crippen molar-refractivity contribution in [1.82, 2.24) is 9.80 Å². The van der Waals surface area contributed by atoms with Gasteiger partial charge in [0, 0.05) is 25.6 Å². The van der Waals surface area contributed by atoms with Crippen molar-refractivity contribution in [1.29, 1.82) is 0 Å². The molecule has 0 N–H and O–H groups in total. The van der Waals surface area contributed by atoms with Gasteiger partial charge in [-0.2, -0.15) is 13.2 Å². The van der Waals surface area contributed by atoms with Crippen LogP contribution in [0.2, 0.25) is 0 Å². The van der Waals surface area contributed by atoms with Crippen LogP contribution in [0.1, 0.15) is 43.7 Å². The molecule has 1 aromatic carbocycles. The van der Waals surface area contributed by atoms with E-state index in [2.05, 4.69) is 11.8 Å². The van der Waals surface area contributed by atoms with Gasteiger partial charge < -0.3 is 4.90 Å². The first-order valence-electron chi connectivity index (χ1n) is 9.50. The third-order valence-corrected chi connectivity index (χ3v) is 5.59. The predicted octanol–water partition coefficient (Wildman–Crippen LogP) is 4.18. The van der Waals surface area contributed by atoms with Gasteiger partial charge in [0.1, 0.15) is 0 Å². The number of alkyl halides is 3. The molecule has 3 rings (SSSR count). The van der Waals surface area contributed by atoms with E-state index in [4.69, 9.17) is 0 Å². The first kappa shape index (κ1) is 19.2. The molecule has 26 heavy (non-hydrogen) atoms. The zero-order chi connectivity index (χ0) is 18.7. The highest BCUT2D eigenvalue weighted by atomic mass is 19.4. The zero-order valence-electron chi connectivity index (χ0n) is 15.3. The predicted molar refractivity (Wildman–Crippen MR) is 94.4 cm³/mol. The summed E-state index contributed by atoms with van der Waals surface area (Å²) in [6, 6.07) is 5.39. The van der Waals surface area contributed by atoms with E-state index >= 15 is 0 Å². The van der Waals surface area contributed by atoms with Gasteiger partial charge in [0.05, 0.1) is 5.56 Å². The second-order valence-electron chi connectivity index (χ2n) is 7.78. The topological polar surface area (TPSA) is 23.6 Å². The fraction of sp³-hybridized carbons (Fsp3) is 0.650. The summed E-state index contributed by atoms with van der Waals surface area (Å²) in [5.74, 6) is 0.988. The molecular formula is C20H27F3N2O. The van der Waals surface area contributed by atoms with E-state index in [0.717, 1.165) is 63.1 Å². The Labute approximate surface area is 153 Å². The lowest BCUT2D eigenvalue weighted by molar-refractivity contribution is -0.139. The van der Waals surface area contributed by atoms with Crippen LogP contribution in [-0.4, -0.2) is 41.9 Å². The molecule has 0 aliphatic carbocycles. The number of carbonyl (C=O) groups is 1. The molecule has 2 saturated heterocycles. The molecule has 0 aromatic heterocycles. The third-order valence-electron chi connectivity index (χ3n) is 5.59. The van der Waals surface area contributed by atoms with Crippen molar-refractivity contribution in [3.8, 4) is 0 Å². The van der Waals surface area contributed by atoms with Crippen molar-refractivity contribution < 1.29 is 18.0 Å². The van der Waals surface area contributed by atoms with Crippen LogP contribution < -0.4 is 0 Å². The highest BCUT2D eigenvalue weighted by molar-refractivity contribution is 5.79. The molecule has 0 saturated carbocycles. The molecule has 2 aliphatic rings. The van der Waals surface area contributed by atoms with Crippen molar-refractivity contribution in [2.75, 3.05) is 26.2 Å². The second-order valence-corrected chi connectivity index (χ2v) is 7.78. The lowest BCUT2D eigenvalue weighted by Crippen LogP contribution is -2.45. The van der Waals surface area contributed by atoms with Crippen LogP contribution in [0.25, 0.3) is 0 Å². The summed E-state index contributed by atoms with van der Waals surface area (Å²) in [5, 5.41) is 0. The lowest BCUT2D eigenvalue weighted by Gasteiger charge is -2.37. The monoisotopic (exact) mass is 368 g/mol. The summed E-state index contributed by atoms with van der Waals surface area (Å²) >= 11 is 0. The lowest BCUT2D eigenvalue weighted by atomic mass is 9.92. The van der Waals surface area contributed by atoms with E-state index in [-0.39, 0.29) is 5.92 Å². The standard InChI is InChI=1S/C20H27F3N2O/c1-15-3-2-10-25(13-15)19(26)17-8-11-24(12-9-17)14-16-4-6-18(7-5-16)20(21,22)23/h4-7,15,17H,2-3,8-14H2,1H3. The maximum absolute atomic E-state index is 12.7. The molecule has 6 heteroatoms. The summed E-state index contributed by atoms with van der Waals surface area (Å²) in [7, 11) is 0. The van der Waals surface area contributed by atoms with Crippen molar-refractivity contribution in [2.24, 2.45) is 11.8 Å². The fourth-order valence-electron chi connectivity index (χ4n) is 4.04. The van der Waals surface area contributed by atoms with Crippen LogP contribution in [-0.2, 0) is 17.5 Å². The second kappa shape index (κ2) is 7.99. The number of benzene rings is 1. The zero-order valence-corrected chi connectivity index (χ0v) is 15.3. The number of hydrogen-bond acceptors (Lipinski definition) is 2. The highest BCUT2D eigenvalue weighted by Crippen LogP contribution is 2.29. The molecule has 2 fully saturated rings. The number of carbonyl (C=O) groups excluding carboxylic acids is 1. The fourth-order valence-corrected chi connectivity index (χ4v) is 4.04. The van der Waals surface area contributed by atoms with E-state index < -0.39 is 11.7 Å². The minimum atomic E-state index is -4.29. The van der Waals surface area contributed by atoms with Gasteiger partial charge in [0.2, 0.25) is 5.91 Å². The average molecular weight is 368 g/mol.